The molecule has 2 aromatic rings. The number of halogens is 1. The monoisotopic (exact) mass is 304 g/mol. The molecular formula is C17H17FO2S. The van der Waals surface area contributed by atoms with Crippen LogP contribution >= 0.6 is 11.3 Å². The zero-order valence-electron chi connectivity index (χ0n) is 11.8. The summed E-state index contributed by atoms with van der Waals surface area (Å²) in [6.07, 6.45) is 1.30. The summed E-state index contributed by atoms with van der Waals surface area (Å²) in [5, 5.41) is 9.88. The number of aliphatic hydroxyl groups is 1. The summed E-state index contributed by atoms with van der Waals surface area (Å²) < 4.78 is 18.3. The van der Waals surface area contributed by atoms with Gasteiger partial charge in [-0.2, -0.15) is 0 Å². The molecule has 1 atom stereocenters. The number of hydrogen-bond donors (Lipinski definition) is 1. The predicted molar refractivity (Wildman–Crippen MR) is 83.0 cm³/mol. The summed E-state index contributed by atoms with van der Waals surface area (Å²) in [5.41, 5.74) is 0. The van der Waals surface area contributed by atoms with Gasteiger partial charge in [-0.25, -0.2) is 4.39 Å². The number of rotatable bonds is 5. The molecule has 4 heteroatoms. The Labute approximate surface area is 128 Å². The van der Waals surface area contributed by atoms with Gasteiger partial charge < -0.3 is 9.84 Å². The Morgan fingerprint density at radius 1 is 1.33 bits per heavy atom. The lowest BCUT2D eigenvalue weighted by Crippen LogP contribution is -1.93. The number of ether oxygens (including phenoxy) is 1. The maximum absolute atomic E-state index is 12.9. The molecule has 1 unspecified atom stereocenters. The summed E-state index contributed by atoms with van der Waals surface area (Å²) in [7, 11) is 0. The average molecular weight is 304 g/mol. The molecule has 1 N–H and O–H groups in total. The third kappa shape index (κ3) is 4.89. The second-order valence-electron chi connectivity index (χ2n) is 4.55. The molecule has 21 heavy (non-hydrogen) atoms. The largest absolute Gasteiger partial charge is 0.481 e. The average Bonchev–Trinajstić information content (AvgIpc) is 2.93. The fourth-order valence-electron chi connectivity index (χ4n) is 1.81. The van der Waals surface area contributed by atoms with E-state index >= 15 is 0 Å². The molecular weight excluding hydrogens is 287 g/mol. The van der Waals surface area contributed by atoms with E-state index in [2.05, 4.69) is 11.8 Å². The van der Waals surface area contributed by atoms with Crippen LogP contribution in [0.4, 0.5) is 4.39 Å². The van der Waals surface area contributed by atoms with Crippen LogP contribution in [0.2, 0.25) is 0 Å². The lowest BCUT2D eigenvalue weighted by molar-refractivity contribution is 0.170. The van der Waals surface area contributed by atoms with E-state index in [1.807, 2.05) is 19.1 Å². The van der Waals surface area contributed by atoms with Crippen LogP contribution in [0.3, 0.4) is 0 Å². The highest BCUT2D eigenvalue weighted by Crippen LogP contribution is 2.25. The van der Waals surface area contributed by atoms with E-state index in [9.17, 15) is 9.50 Å². The highest BCUT2D eigenvalue weighted by atomic mass is 32.1. The van der Waals surface area contributed by atoms with Crippen molar-refractivity contribution in [2.24, 2.45) is 0 Å². The van der Waals surface area contributed by atoms with Crippen molar-refractivity contribution in [1.82, 2.24) is 0 Å². The van der Waals surface area contributed by atoms with Gasteiger partial charge in [0.15, 0.2) is 0 Å². The van der Waals surface area contributed by atoms with Gasteiger partial charge in [-0.1, -0.05) is 31.3 Å². The number of hydrogen-bond acceptors (Lipinski definition) is 3. The zero-order valence-corrected chi connectivity index (χ0v) is 12.6. The van der Waals surface area contributed by atoms with Crippen LogP contribution in [0.25, 0.3) is 0 Å². The molecule has 0 spiro atoms. The van der Waals surface area contributed by atoms with Gasteiger partial charge in [-0.15, -0.1) is 11.3 Å². The molecule has 0 radical (unpaired) electrons. The molecule has 0 saturated carbocycles. The van der Waals surface area contributed by atoms with Crippen LogP contribution in [-0.2, 0) is 0 Å². The van der Waals surface area contributed by atoms with E-state index < -0.39 is 6.10 Å². The Bertz CT molecular complexity index is 639. The van der Waals surface area contributed by atoms with Gasteiger partial charge in [0, 0.05) is 10.9 Å². The van der Waals surface area contributed by atoms with Crippen LogP contribution in [-0.4, -0.2) is 11.7 Å². The first-order chi connectivity index (χ1) is 10.2. The van der Waals surface area contributed by atoms with Crippen LogP contribution in [0.1, 0.15) is 35.6 Å². The molecule has 0 amide bonds. The van der Waals surface area contributed by atoms with Crippen LogP contribution in [0, 0.1) is 17.7 Å². The molecule has 0 bridgehead atoms. The maximum Gasteiger partial charge on any atom is 0.149 e. The van der Waals surface area contributed by atoms with Gasteiger partial charge >= 0.3 is 0 Å². The van der Waals surface area contributed by atoms with Gasteiger partial charge in [-0.3, -0.25) is 0 Å². The molecule has 1 aromatic carbocycles. The van der Waals surface area contributed by atoms with Crippen LogP contribution < -0.4 is 4.74 Å². The standard InChI is InChI=1S/C17H17FO2S/c1-2-5-16(19)17-10-9-15(21-17)8-4-11-20-14-7-3-6-13(18)12-14/h3,6-7,9-10,12,16,19H,2,5,11H2,1H3. The molecule has 2 rings (SSSR count). The Morgan fingerprint density at radius 3 is 2.95 bits per heavy atom. The van der Waals surface area contributed by atoms with E-state index in [0.717, 1.165) is 22.6 Å². The SMILES string of the molecule is CCCC(O)c1ccc(C#CCOc2cccc(F)c2)s1. The lowest BCUT2D eigenvalue weighted by atomic mass is 10.2. The minimum Gasteiger partial charge on any atom is -0.481 e. The molecule has 0 aliphatic rings. The first-order valence-electron chi connectivity index (χ1n) is 6.84. The van der Waals surface area contributed by atoms with E-state index in [4.69, 9.17) is 4.74 Å². The van der Waals surface area contributed by atoms with E-state index in [-0.39, 0.29) is 12.4 Å². The third-order valence-electron chi connectivity index (χ3n) is 2.84. The molecule has 0 fully saturated rings. The van der Waals surface area contributed by atoms with Gasteiger partial charge in [0.1, 0.15) is 18.2 Å². The quantitative estimate of drug-likeness (QED) is 0.841. The van der Waals surface area contributed by atoms with E-state index in [1.54, 1.807) is 12.1 Å². The van der Waals surface area contributed by atoms with Crippen LogP contribution in [0.5, 0.6) is 5.75 Å². The fraction of sp³-hybridized carbons (Fsp3) is 0.294. The van der Waals surface area contributed by atoms with E-state index in [1.165, 1.54) is 23.5 Å². The number of aliphatic hydroxyl groups excluding tert-OH is 1. The first kappa shape index (κ1) is 15.6. The Hall–Kier alpha value is -1.83. The summed E-state index contributed by atoms with van der Waals surface area (Å²) in [4.78, 5) is 1.83. The van der Waals surface area contributed by atoms with Crippen molar-refractivity contribution in [1.29, 1.82) is 0 Å². The summed E-state index contributed by atoms with van der Waals surface area (Å²) in [5.74, 6) is 6.02. The minimum atomic E-state index is -0.404. The fourth-order valence-corrected chi connectivity index (χ4v) is 2.72. The van der Waals surface area contributed by atoms with Crippen molar-refractivity contribution in [3.63, 3.8) is 0 Å². The van der Waals surface area contributed by atoms with Crippen molar-refractivity contribution >= 4 is 11.3 Å². The van der Waals surface area contributed by atoms with Gasteiger partial charge in [-0.05, 0) is 30.7 Å². The maximum atomic E-state index is 12.9. The predicted octanol–water partition coefficient (Wildman–Crippen LogP) is 4.15. The molecule has 0 aliphatic heterocycles. The molecule has 2 nitrogen and oxygen atoms in total. The topological polar surface area (TPSA) is 29.5 Å². The van der Waals surface area contributed by atoms with Crippen LogP contribution in [0.15, 0.2) is 36.4 Å². The lowest BCUT2D eigenvalue weighted by Gasteiger charge is -2.04. The van der Waals surface area contributed by atoms with Gasteiger partial charge in [0.05, 0.1) is 11.0 Å². The second-order valence-corrected chi connectivity index (χ2v) is 5.67. The molecule has 110 valence electrons. The number of thiophene rings is 1. The van der Waals surface area contributed by atoms with Crippen molar-refractivity contribution in [3.8, 4) is 17.6 Å². The number of benzene rings is 1. The first-order valence-corrected chi connectivity index (χ1v) is 7.65. The van der Waals surface area contributed by atoms with Crippen molar-refractivity contribution in [2.75, 3.05) is 6.61 Å². The van der Waals surface area contributed by atoms with Gasteiger partial charge in [0.2, 0.25) is 0 Å². The molecule has 1 heterocycles. The Morgan fingerprint density at radius 2 is 2.19 bits per heavy atom. The summed E-state index contributed by atoms with van der Waals surface area (Å²) >= 11 is 1.49. The second kappa shape index (κ2) is 7.82. The summed E-state index contributed by atoms with van der Waals surface area (Å²) in [6, 6.07) is 9.78. The highest BCUT2D eigenvalue weighted by molar-refractivity contribution is 7.12. The molecule has 0 saturated heterocycles. The Kier molecular flexibility index (Phi) is 5.79. The molecule has 0 aliphatic carbocycles. The van der Waals surface area contributed by atoms with Crippen molar-refractivity contribution in [2.45, 2.75) is 25.9 Å². The normalized spacial score (nSPS) is 11.6. The minimum absolute atomic E-state index is 0.203. The van der Waals surface area contributed by atoms with E-state index in [0.29, 0.717) is 5.75 Å². The highest BCUT2D eigenvalue weighted by Gasteiger charge is 2.08. The Balaban J connectivity index is 1.88. The van der Waals surface area contributed by atoms with Crippen molar-refractivity contribution in [3.05, 3.63) is 52.0 Å². The van der Waals surface area contributed by atoms with Crippen molar-refractivity contribution < 1.29 is 14.2 Å². The van der Waals surface area contributed by atoms with Gasteiger partial charge in [0.25, 0.3) is 0 Å². The zero-order chi connectivity index (χ0) is 15.1. The summed E-state index contributed by atoms with van der Waals surface area (Å²) in [6.45, 7) is 2.25. The smallest absolute Gasteiger partial charge is 0.149 e. The molecule has 1 aromatic heterocycles. The third-order valence-corrected chi connectivity index (χ3v) is 3.94.